The zero-order valence-corrected chi connectivity index (χ0v) is 33.2. The minimum atomic E-state index is -1.32. The molecule has 17 heteroatoms. The molecule has 3 amide bonds. The van der Waals surface area contributed by atoms with Crippen molar-refractivity contribution in [2.24, 2.45) is 7.05 Å². The summed E-state index contributed by atoms with van der Waals surface area (Å²) in [5, 5.41) is 18.8. The molecule has 56 heavy (non-hydrogen) atoms. The number of nitrogens with one attached hydrogen (secondary N) is 2. The zero-order valence-electron chi connectivity index (χ0n) is 31.6. The summed E-state index contributed by atoms with van der Waals surface area (Å²) in [7, 11) is 0.567. The van der Waals surface area contributed by atoms with E-state index in [4.69, 9.17) is 26.2 Å². The quantitative estimate of drug-likeness (QED) is 0.168. The Balaban J connectivity index is 0.00000155. The number of ether oxygens (including phenoxy) is 1. The van der Waals surface area contributed by atoms with Gasteiger partial charge in [0.05, 0.1) is 15.4 Å². The number of urea groups is 1. The first kappa shape index (κ1) is 39.6. The summed E-state index contributed by atoms with van der Waals surface area (Å²) in [5.74, 6) is 2.59. The number of amides is 3. The van der Waals surface area contributed by atoms with Gasteiger partial charge in [-0.3, -0.25) is 29.4 Å². The molecule has 298 valence electrons. The number of hydrogen-bond donors (Lipinski definition) is 3. The molecule has 0 spiro atoms. The predicted octanol–water partition coefficient (Wildman–Crippen LogP) is 5.29. The van der Waals surface area contributed by atoms with Gasteiger partial charge >= 0.3 is 6.03 Å². The molecule has 1 saturated carbocycles. The van der Waals surface area contributed by atoms with Gasteiger partial charge in [-0.15, -0.1) is 0 Å². The highest BCUT2D eigenvalue weighted by molar-refractivity contribution is 7.82. The van der Waals surface area contributed by atoms with Crippen LogP contribution in [0.25, 0.3) is 10.9 Å². The Labute approximate surface area is 333 Å². The summed E-state index contributed by atoms with van der Waals surface area (Å²) >= 11 is 6.58. The molecule has 4 aromatic rings. The van der Waals surface area contributed by atoms with Gasteiger partial charge in [-0.2, -0.15) is 5.10 Å². The second-order valence-electron chi connectivity index (χ2n) is 14.9. The minimum absolute atomic E-state index is 0.110. The Morgan fingerprint density at radius 2 is 1.68 bits per heavy atom. The lowest BCUT2D eigenvalue weighted by Crippen LogP contribution is -2.49. The molecule has 2 aromatic carbocycles. The predicted molar refractivity (Wildman–Crippen MR) is 213 cm³/mol. The van der Waals surface area contributed by atoms with Crippen LogP contribution < -0.4 is 20.3 Å². The van der Waals surface area contributed by atoms with E-state index in [9.17, 15) is 13.8 Å². The third kappa shape index (κ3) is 9.31. The second-order valence-corrected chi connectivity index (χ2v) is 16.8. The highest BCUT2D eigenvalue weighted by atomic mass is 35.5. The highest BCUT2D eigenvalue weighted by Gasteiger charge is 2.30. The number of rotatable bonds is 11. The number of carboxylic acid groups (broad SMARTS) is 1. The molecule has 2 unspecified atom stereocenters. The molecule has 4 aliphatic rings. The number of piperidine rings is 2. The molecule has 3 aliphatic heterocycles. The summed E-state index contributed by atoms with van der Waals surface area (Å²) in [6, 6.07) is 11.6. The minimum Gasteiger partial charge on any atom is -0.488 e. The first-order valence-corrected chi connectivity index (χ1v) is 20.7. The Morgan fingerprint density at radius 1 is 0.982 bits per heavy atom. The average Bonchev–Trinajstić information content (AvgIpc) is 4.00. The summed E-state index contributed by atoms with van der Waals surface area (Å²) in [6.07, 6.45) is 10.2. The SMILES string of the molecule is CC(CN1CCC(c2ccc3c(N4CCC(=O)NC4=O)nn(C)c3c2)CC1)Oc1cc(S(=O)N2CCC(Nc3ncc(C4CC4)cn3)CC2)ccc1Cl.O=CO. The van der Waals surface area contributed by atoms with Crippen molar-refractivity contribution in [3.8, 4) is 5.75 Å². The zero-order chi connectivity index (χ0) is 39.3. The van der Waals surface area contributed by atoms with E-state index in [0.29, 0.717) is 58.9 Å². The smallest absolute Gasteiger partial charge is 0.329 e. The lowest BCUT2D eigenvalue weighted by Gasteiger charge is -2.34. The molecule has 5 heterocycles. The van der Waals surface area contributed by atoms with E-state index in [1.807, 2.05) is 46.6 Å². The number of carbonyl (C=O) groups excluding carboxylic acids is 2. The number of anilines is 2. The van der Waals surface area contributed by atoms with Crippen molar-refractivity contribution < 1.29 is 28.4 Å². The number of hydrogen-bond acceptors (Lipinski definition) is 10. The lowest BCUT2D eigenvalue weighted by molar-refractivity contribution is -0.123. The number of nitrogens with zero attached hydrogens (tertiary/aromatic N) is 7. The fourth-order valence-corrected chi connectivity index (χ4v) is 9.16. The molecule has 0 bridgehead atoms. The Hall–Kier alpha value is -4.64. The summed E-state index contributed by atoms with van der Waals surface area (Å²) < 4.78 is 23.8. The van der Waals surface area contributed by atoms with Crippen LogP contribution in [0, 0.1) is 0 Å². The fraction of sp³-hybridized carbons (Fsp3) is 0.487. The van der Waals surface area contributed by atoms with Crippen LogP contribution in [-0.4, -0.2) is 108 Å². The first-order chi connectivity index (χ1) is 27.1. The average molecular weight is 806 g/mol. The molecular weight excluding hydrogens is 758 g/mol. The van der Waals surface area contributed by atoms with E-state index in [-0.39, 0.29) is 30.9 Å². The summed E-state index contributed by atoms with van der Waals surface area (Å²) in [4.78, 5) is 46.2. The Kier molecular flexibility index (Phi) is 12.5. The fourth-order valence-electron chi connectivity index (χ4n) is 7.76. The molecule has 3 N–H and O–H groups in total. The lowest BCUT2D eigenvalue weighted by atomic mass is 9.89. The van der Waals surface area contributed by atoms with Crippen LogP contribution in [0.4, 0.5) is 16.6 Å². The monoisotopic (exact) mass is 805 g/mol. The summed E-state index contributed by atoms with van der Waals surface area (Å²) in [5.41, 5.74) is 3.45. The van der Waals surface area contributed by atoms with Gasteiger partial charge in [0.1, 0.15) is 22.8 Å². The molecule has 2 aromatic heterocycles. The number of halogens is 1. The van der Waals surface area contributed by atoms with Crippen LogP contribution in [0.1, 0.15) is 74.8 Å². The maximum Gasteiger partial charge on any atom is 0.329 e. The van der Waals surface area contributed by atoms with E-state index in [1.165, 1.54) is 24.0 Å². The van der Waals surface area contributed by atoms with E-state index >= 15 is 0 Å². The van der Waals surface area contributed by atoms with E-state index in [0.717, 1.165) is 56.2 Å². The molecular formula is C39H48ClN9O6S. The normalized spacial score (nSPS) is 19.9. The van der Waals surface area contributed by atoms with E-state index < -0.39 is 17.0 Å². The van der Waals surface area contributed by atoms with Crippen molar-refractivity contribution in [3.63, 3.8) is 0 Å². The van der Waals surface area contributed by atoms with Gasteiger partial charge in [0.15, 0.2) is 5.82 Å². The van der Waals surface area contributed by atoms with Crippen molar-refractivity contribution in [1.29, 1.82) is 0 Å². The van der Waals surface area contributed by atoms with Gasteiger partial charge < -0.3 is 15.2 Å². The largest absolute Gasteiger partial charge is 0.488 e. The molecule has 1 aliphatic carbocycles. The van der Waals surface area contributed by atoms with Crippen LogP contribution in [-0.2, 0) is 27.6 Å². The molecule has 2 atom stereocenters. The molecule has 4 fully saturated rings. The van der Waals surface area contributed by atoms with Gasteiger partial charge in [0.25, 0.3) is 6.47 Å². The maximum absolute atomic E-state index is 13.6. The topological polar surface area (TPSA) is 175 Å². The van der Waals surface area contributed by atoms with Crippen molar-refractivity contribution in [2.45, 2.75) is 80.7 Å². The third-order valence-corrected chi connectivity index (χ3v) is 12.7. The standard InChI is InChI=1S/C38H46ClN9O4S.CH2O2/c1-24(23-46-14-9-26(10-15-46)27-5-7-31-33(19-27)45(2)44-36(31)48-18-13-35(49)43-38(48)50)52-34-20-30(6-8-32(34)39)53(51)47-16-11-29(12-17-47)42-37-40-21-28(22-41-37)25-3-4-25;2-1-3/h5-8,19-22,24-26,29H,3-4,9-18,23H2,1-2H3,(H,40,41,42)(H,43,49,50);1H,(H,2,3). The molecule has 8 rings (SSSR count). The Bertz CT molecular complexity index is 2060. The van der Waals surface area contributed by atoms with Crippen LogP contribution in [0.15, 0.2) is 53.7 Å². The van der Waals surface area contributed by atoms with Crippen molar-refractivity contribution >= 4 is 63.7 Å². The number of fused-ring (bicyclic) bond motifs is 1. The number of aryl methyl sites for hydroxylation is 1. The number of imide groups is 1. The van der Waals surface area contributed by atoms with Crippen LogP contribution in [0.3, 0.4) is 0 Å². The van der Waals surface area contributed by atoms with E-state index in [1.54, 1.807) is 11.0 Å². The van der Waals surface area contributed by atoms with Gasteiger partial charge in [-0.25, -0.2) is 23.3 Å². The number of benzene rings is 2. The van der Waals surface area contributed by atoms with Crippen LogP contribution in [0.2, 0.25) is 5.02 Å². The molecule has 3 saturated heterocycles. The number of aromatic nitrogens is 4. The van der Waals surface area contributed by atoms with Crippen LogP contribution in [0.5, 0.6) is 5.75 Å². The molecule has 15 nitrogen and oxygen atoms in total. The summed E-state index contributed by atoms with van der Waals surface area (Å²) in [6.45, 7) is 6.17. The first-order valence-electron chi connectivity index (χ1n) is 19.2. The van der Waals surface area contributed by atoms with Gasteiger partial charge in [0.2, 0.25) is 11.9 Å². The van der Waals surface area contributed by atoms with Gasteiger partial charge in [0, 0.05) is 63.5 Å². The van der Waals surface area contributed by atoms with Gasteiger partial charge in [-0.1, -0.05) is 17.7 Å². The number of likely N-dealkylation sites (tertiary alicyclic amines) is 1. The molecule has 0 radical (unpaired) electrons. The maximum atomic E-state index is 13.6. The van der Waals surface area contributed by atoms with Crippen molar-refractivity contribution in [3.05, 3.63) is 64.9 Å². The van der Waals surface area contributed by atoms with Gasteiger partial charge in [-0.05, 0) is 112 Å². The second kappa shape index (κ2) is 17.7. The highest BCUT2D eigenvalue weighted by Crippen LogP contribution is 2.39. The van der Waals surface area contributed by atoms with Crippen LogP contribution >= 0.6 is 11.6 Å². The van der Waals surface area contributed by atoms with Crippen molar-refractivity contribution in [2.75, 3.05) is 49.5 Å². The third-order valence-electron chi connectivity index (χ3n) is 10.9. The Morgan fingerprint density at radius 3 is 2.36 bits per heavy atom. The van der Waals surface area contributed by atoms with E-state index in [2.05, 4.69) is 49.7 Å². The number of carbonyl (C=O) groups is 3. The van der Waals surface area contributed by atoms with Crippen molar-refractivity contribution in [1.82, 2.24) is 34.3 Å².